The fourth-order valence-corrected chi connectivity index (χ4v) is 2.61. The second-order valence-corrected chi connectivity index (χ2v) is 5.55. The molecule has 2 rings (SSSR count). The molecule has 0 spiro atoms. The third kappa shape index (κ3) is 4.03. The lowest BCUT2D eigenvalue weighted by atomic mass is 10.0. The van der Waals surface area contributed by atoms with Crippen molar-refractivity contribution < 1.29 is 18.0 Å². The van der Waals surface area contributed by atoms with E-state index in [0.717, 1.165) is 6.07 Å². The summed E-state index contributed by atoms with van der Waals surface area (Å²) in [4.78, 5) is 12.9. The SMILES string of the molecule is CC(=O)N1CCC(Nc2ccc(Cl)cc2C(F)(F)F)CC1. The minimum atomic E-state index is -4.45. The topological polar surface area (TPSA) is 32.3 Å². The van der Waals surface area contributed by atoms with Crippen molar-refractivity contribution >= 4 is 23.2 Å². The summed E-state index contributed by atoms with van der Waals surface area (Å²) in [6.45, 7) is 2.61. The van der Waals surface area contributed by atoms with Gasteiger partial charge in [0.1, 0.15) is 0 Å². The Kier molecular flexibility index (Phi) is 4.66. The molecule has 0 unspecified atom stereocenters. The summed E-state index contributed by atoms with van der Waals surface area (Å²) in [6, 6.07) is 3.63. The maximum atomic E-state index is 13.0. The van der Waals surface area contributed by atoms with Crippen molar-refractivity contribution in [2.75, 3.05) is 18.4 Å². The lowest BCUT2D eigenvalue weighted by Gasteiger charge is -2.32. The first kappa shape index (κ1) is 15.9. The van der Waals surface area contributed by atoms with Crippen molar-refractivity contribution in [3.63, 3.8) is 0 Å². The summed E-state index contributed by atoms with van der Waals surface area (Å²) in [5.74, 6) is -0.00377. The molecule has 0 aromatic heterocycles. The molecule has 1 fully saturated rings. The van der Waals surface area contributed by atoms with Crippen LogP contribution in [0.25, 0.3) is 0 Å². The molecule has 0 aliphatic carbocycles. The second-order valence-electron chi connectivity index (χ2n) is 5.11. The van der Waals surface area contributed by atoms with Crippen LogP contribution in [-0.2, 0) is 11.0 Å². The number of alkyl halides is 3. The zero-order valence-corrected chi connectivity index (χ0v) is 12.3. The van der Waals surface area contributed by atoms with Crippen LogP contribution >= 0.6 is 11.6 Å². The number of anilines is 1. The molecule has 3 nitrogen and oxygen atoms in total. The molecule has 1 N–H and O–H groups in total. The number of amides is 1. The average Bonchev–Trinajstić information content (AvgIpc) is 2.40. The van der Waals surface area contributed by atoms with Crippen LogP contribution in [0.1, 0.15) is 25.3 Å². The van der Waals surface area contributed by atoms with Gasteiger partial charge < -0.3 is 10.2 Å². The first-order valence-corrected chi connectivity index (χ1v) is 7.04. The number of halogens is 4. The highest BCUT2D eigenvalue weighted by atomic mass is 35.5. The second kappa shape index (κ2) is 6.13. The molecule has 21 heavy (non-hydrogen) atoms. The predicted molar refractivity (Wildman–Crippen MR) is 75.4 cm³/mol. The number of carbonyl (C=O) groups is 1. The molecule has 1 amide bonds. The van der Waals surface area contributed by atoms with E-state index in [-0.39, 0.29) is 22.7 Å². The minimum absolute atomic E-state index is 0.00377. The van der Waals surface area contributed by atoms with Gasteiger partial charge in [0.25, 0.3) is 0 Å². The highest BCUT2D eigenvalue weighted by Gasteiger charge is 2.34. The molecule has 1 aliphatic heterocycles. The van der Waals surface area contributed by atoms with Gasteiger partial charge in [-0.05, 0) is 31.0 Å². The van der Waals surface area contributed by atoms with Crippen molar-refractivity contribution in [2.24, 2.45) is 0 Å². The summed E-state index contributed by atoms with van der Waals surface area (Å²) < 4.78 is 39.0. The molecule has 0 bridgehead atoms. The van der Waals surface area contributed by atoms with E-state index in [9.17, 15) is 18.0 Å². The first-order valence-electron chi connectivity index (χ1n) is 6.66. The van der Waals surface area contributed by atoms with Gasteiger partial charge in [-0.2, -0.15) is 13.2 Å². The number of likely N-dealkylation sites (tertiary alicyclic amines) is 1. The molecule has 1 aliphatic rings. The highest BCUT2D eigenvalue weighted by Crippen LogP contribution is 2.37. The highest BCUT2D eigenvalue weighted by molar-refractivity contribution is 6.30. The van der Waals surface area contributed by atoms with E-state index in [1.165, 1.54) is 19.1 Å². The number of nitrogens with zero attached hydrogens (tertiary/aromatic N) is 1. The van der Waals surface area contributed by atoms with Crippen LogP contribution in [-0.4, -0.2) is 29.9 Å². The number of carbonyl (C=O) groups excluding carboxylic acids is 1. The Morgan fingerprint density at radius 2 is 1.95 bits per heavy atom. The van der Waals surface area contributed by atoms with E-state index in [1.807, 2.05) is 0 Å². The van der Waals surface area contributed by atoms with Gasteiger partial charge in [-0.1, -0.05) is 11.6 Å². The first-order chi connectivity index (χ1) is 9.77. The lowest BCUT2D eigenvalue weighted by molar-refractivity contribution is -0.137. The van der Waals surface area contributed by atoms with Crippen LogP contribution in [0.2, 0.25) is 5.02 Å². The summed E-state index contributed by atoms with van der Waals surface area (Å²) >= 11 is 5.65. The van der Waals surface area contributed by atoms with E-state index >= 15 is 0 Å². The normalized spacial score (nSPS) is 16.9. The average molecular weight is 321 g/mol. The molecule has 1 aromatic rings. The smallest absolute Gasteiger partial charge is 0.382 e. The molecule has 0 atom stereocenters. The largest absolute Gasteiger partial charge is 0.418 e. The molecule has 1 saturated heterocycles. The quantitative estimate of drug-likeness (QED) is 0.899. The maximum absolute atomic E-state index is 13.0. The van der Waals surface area contributed by atoms with Gasteiger partial charge >= 0.3 is 6.18 Å². The number of hydrogen-bond donors (Lipinski definition) is 1. The van der Waals surface area contributed by atoms with Crippen molar-refractivity contribution in [3.8, 4) is 0 Å². The monoisotopic (exact) mass is 320 g/mol. The van der Waals surface area contributed by atoms with E-state index in [2.05, 4.69) is 5.32 Å². The fourth-order valence-electron chi connectivity index (χ4n) is 2.44. The van der Waals surface area contributed by atoms with Crippen molar-refractivity contribution in [1.82, 2.24) is 4.90 Å². The van der Waals surface area contributed by atoms with E-state index in [0.29, 0.717) is 25.9 Å². The third-order valence-electron chi connectivity index (χ3n) is 3.59. The molecular formula is C14H16ClF3N2O. The Hall–Kier alpha value is -1.43. The Bertz CT molecular complexity index is 525. The number of nitrogens with one attached hydrogen (secondary N) is 1. The summed E-state index contributed by atoms with van der Waals surface area (Å²) in [6.07, 6.45) is -3.20. The molecule has 1 aromatic carbocycles. The molecule has 7 heteroatoms. The van der Waals surface area contributed by atoms with Gasteiger partial charge in [0, 0.05) is 36.8 Å². The van der Waals surface area contributed by atoms with Crippen LogP contribution < -0.4 is 5.32 Å². The van der Waals surface area contributed by atoms with E-state index in [1.54, 1.807) is 4.90 Å². The summed E-state index contributed by atoms with van der Waals surface area (Å²) in [5, 5.41) is 2.98. The molecule has 0 saturated carbocycles. The molecule has 116 valence electrons. The summed E-state index contributed by atoms with van der Waals surface area (Å²) in [5.41, 5.74) is -0.725. The van der Waals surface area contributed by atoms with Crippen LogP contribution in [0, 0.1) is 0 Å². The van der Waals surface area contributed by atoms with E-state index in [4.69, 9.17) is 11.6 Å². The van der Waals surface area contributed by atoms with Crippen molar-refractivity contribution in [3.05, 3.63) is 28.8 Å². The maximum Gasteiger partial charge on any atom is 0.418 e. The van der Waals surface area contributed by atoms with Gasteiger partial charge in [-0.15, -0.1) is 0 Å². The molecule has 0 radical (unpaired) electrons. The van der Waals surface area contributed by atoms with Gasteiger partial charge in [0.05, 0.1) is 5.56 Å². The van der Waals surface area contributed by atoms with Crippen LogP contribution in [0.15, 0.2) is 18.2 Å². The van der Waals surface area contributed by atoms with Gasteiger partial charge in [-0.25, -0.2) is 0 Å². The lowest BCUT2D eigenvalue weighted by Crippen LogP contribution is -2.41. The Morgan fingerprint density at radius 1 is 1.33 bits per heavy atom. The minimum Gasteiger partial charge on any atom is -0.382 e. The Morgan fingerprint density at radius 3 is 2.48 bits per heavy atom. The number of piperidine rings is 1. The fraction of sp³-hybridized carbons (Fsp3) is 0.500. The van der Waals surface area contributed by atoms with E-state index < -0.39 is 11.7 Å². The van der Waals surface area contributed by atoms with Crippen LogP contribution in [0.3, 0.4) is 0 Å². The summed E-state index contributed by atoms with van der Waals surface area (Å²) in [7, 11) is 0. The van der Waals surface area contributed by atoms with Crippen LogP contribution in [0.4, 0.5) is 18.9 Å². The predicted octanol–water partition coefficient (Wildman–Crippen LogP) is 3.78. The zero-order valence-electron chi connectivity index (χ0n) is 11.5. The van der Waals surface area contributed by atoms with Gasteiger partial charge in [0.2, 0.25) is 5.91 Å². The Balaban J connectivity index is 2.09. The standard InChI is InChI=1S/C14H16ClF3N2O/c1-9(21)20-6-4-11(5-7-20)19-13-3-2-10(15)8-12(13)14(16,17)18/h2-3,8,11,19H,4-7H2,1H3. The zero-order chi connectivity index (χ0) is 15.6. The molecule has 1 heterocycles. The third-order valence-corrected chi connectivity index (χ3v) is 3.82. The van der Waals surface area contributed by atoms with Crippen molar-refractivity contribution in [1.29, 1.82) is 0 Å². The molecular weight excluding hydrogens is 305 g/mol. The van der Waals surface area contributed by atoms with Crippen molar-refractivity contribution in [2.45, 2.75) is 32.0 Å². The van der Waals surface area contributed by atoms with Crippen LogP contribution in [0.5, 0.6) is 0 Å². The Labute approximate surface area is 126 Å². The van der Waals surface area contributed by atoms with Gasteiger partial charge in [-0.3, -0.25) is 4.79 Å². The number of rotatable bonds is 2. The van der Waals surface area contributed by atoms with Gasteiger partial charge in [0.15, 0.2) is 0 Å². The number of benzene rings is 1. The number of hydrogen-bond acceptors (Lipinski definition) is 2.